The summed E-state index contributed by atoms with van der Waals surface area (Å²) in [5.74, 6) is 0.206. The van der Waals surface area contributed by atoms with E-state index in [0.29, 0.717) is 16.9 Å². The number of aliphatic hydroxyl groups excluding tert-OH is 1. The second-order valence-electron chi connectivity index (χ2n) is 4.60. The summed E-state index contributed by atoms with van der Waals surface area (Å²) in [6.07, 6.45) is -1.04. The van der Waals surface area contributed by atoms with E-state index in [1.165, 1.54) is 18.2 Å². The number of halogens is 1. The number of ether oxygens (including phenoxy) is 1. The number of hydrogen-bond donors (Lipinski definition) is 2. The van der Waals surface area contributed by atoms with Crippen molar-refractivity contribution in [2.24, 2.45) is 0 Å². The molecule has 0 amide bonds. The van der Waals surface area contributed by atoms with Gasteiger partial charge in [-0.1, -0.05) is 18.2 Å². The van der Waals surface area contributed by atoms with Crippen LogP contribution in [0.25, 0.3) is 0 Å². The number of fused-ring (bicyclic) bond motifs is 1. The molecule has 0 aromatic heterocycles. The van der Waals surface area contributed by atoms with Crippen molar-refractivity contribution < 1.29 is 19.3 Å². The zero-order chi connectivity index (χ0) is 13.4. The SMILES string of the molecule is Oc1ccc2c(c1)C(O)CC(c1ccccc1F)O2. The second kappa shape index (κ2) is 4.55. The molecule has 2 unspecified atom stereocenters. The van der Waals surface area contributed by atoms with E-state index in [9.17, 15) is 14.6 Å². The Morgan fingerprint density at radius 3 is 2.68 bits per heavy atom. The van der Waals surface area contributed by atoms with Crippen LogP contribution in [-0.2, 0) is 0 Å². The Morgan fingerprint density at radius 2 is 1.89 bits per heavy atom. The van der Waals surface area contributed by atoms with Crippen LogP contribution in [0, 0.1) is 5.82 Å². The van der Waals surface area contributed by atoms with E-state index in [-0.39, 0.29) is 18.0 Å². The van der Waals surface area contributed by atoms with E-state index >= 15 is 0 Å². The molecule has 0 aliphatic carbocycles. The Balaban J connectivity index is 1.97. The van der Waals surface area contributed by atoms with Crippen molar-refractivity contribution in [3.63, 3.8) is 0 Å². The molecule has 4 heteroatoms. The monoisotopic (exact) mass is 260 g/mol. The van der Waals surface area contributed by atoms with Crippen LogP contribution in [-0.4, -0.2) is 10.2 Å². The molecule has 3 nitrogen and oxygen atoms in total. The van der Waals surface area contributed by atoms with Crippen molar-refractivity contribution in [1.29, 1.82) is 0 Å². The summed E-state index contributed by atoms with van der Waals surface area (Å²) in [6, 6.07) is 10.9. The van der Waals surface area contributed by atoms with E-state index in [0.717, 1.165) is 0 Å². The van der Waals surface area contributed by atoms with E-state index in [4.69, 9.17) is 4.74 Å². The molecule has 98 valence electrons. The smallest absolute Gasteiger partial charge is 0.130 e. The third-order valence-electron chi connectivity index (χ3n) is 3.31. The number of aliphatic hydroxyl groups is 1. The quantitative estimate of drug-likeness (QED) is 0.828. The first kappa shape index (κ1) is 12.0. The van der Waals surface area contributed by atoms with Crippen molar-refractivity contribution in [2.75, 3.05) is 0 Å². The lowest BCUT2D eigenvalue weighted by atomic mass is 9.94. The van der Waals surface area contributed by atoms with Gasteiger partial charge in [0.25, 0.3) is 0 Å². The first-order chi connectivity index (χ1) is 9.15. The van der Waals surface area contributed by atoms with Gasteiger partial charge in [-0.2, -0.15) is 0 Å². The molecule has 1 aliphatic heterocycles. The Hall–Kier alpha value is -2.07. The largest absolute Gasteiger partial charge is 0.508 e. The molecule has 2 atom stereocenters. The summed E-state index contributed by atoms with van der Waals surface area (Å²) in [4.78, 5) is 0. The van der Waals surface area contributed by atoms with Gasteiger partial charge < -0.3 is 14.9 Å². The Kier molecular flexibility index (Phi) is 2.87. The first-order valence-electron chi connectivity index (χ1n) is 6.07. The molecule has 1 heterocycles. The molecule has 3 rings (SSSR count). The lowest BCUT2D eigenvalue weighted by molar-refractivity contribution is 0.0637. The highest BCUT2D eigenvalue weighted by atomic mass is 19.1. The van der Waals surface area contributed by atoms with Crippen LogP contribution in [0.2, 0.25) is 0 Å². The topological polar surface area (TPSA) is 49.7 Å². The summed E-state index contributed by atoms with van der Waals surface area (Å²) < 4.78 is 19.5. The Morgan fingerprint density at radius 1 is 1.11 bits per heavy atom. The molecule has 0 bridgehead atoms. The van der Waals surface area contributed by atoms with Gasteiger partial charge in [0, 0.05) is 17.5 Å². The molecule has 0 fully saturated rings. The van der Waals surface area contributed by atoms with E-state index in [2.05, 4.69) is 0 Å². The fourth-order valence-corrected chi connectivity index (χ4v) is 2.36. The molecule has 2 aromatic rings. The van der Waals surface area contributed by atoms with E-state index in [1.807, 2.05) is 0 Å². The molecular weight excluding hydrogens is 247 g/mol. The molecule has 0 saturated heterocycles. The molecule has 0 saturated carbocycles. The standard InChI is InChI=1S/C15H13FO3/c16-12-4-2-1-3-10(12)15-8-13(18)11-7-9(17)5-6-14(11)19-15/h1-7,13,15,17-18H,8H2. The van der Waals surface area contributed by atoms with Gasteiger partial charge in [0.05, 0.1) is 6.10 Å². The van der Waals surface area contributed by atoms with Gasteiger partial charge in [-0.3, -0.25) is 0 Å². The third kappa shape index (κ3) is 2.15. The van der Waals surface area contributed by atoms with Crippen molar-refractivity contribution in [1.82, 2.24) is 0 Å². The van der Waals surface area contributed by atoms with Crippen LogP contribution < -0.4 is 4.74 Å². The van der Waals surface area contributed by atoms with Gasteiger partial charge in [0.15, 0.2) is 0 Å². The molecule has 0 radical (unpaired) electrons. The Labute approximate surface area is 109 Å². The van der Waals surface area contributed by atoms with Crippen LogP contribution in [0.4, 0.5) is 4.39 Å². The summed E-state index contributed by atoms with van der Waals surface area (Å²) in [7, 11) is 0. The molecule has 2 N–H and O–H groups in total. The van der Waals surface area contributed by atoms with Crippen LogP contribution in [0.1, 0.15) is 29.8 Å². The van der Waals surface area contributed by atoms with E-state index in [1.54, 1.807) is 24.3 Å². The summed E-state index contributed by atoms with van der Waals surface area (Å²) >= 11 is 0. The molecule has 0 spiro atoms. The van der Waals surface area contributed by atoms with Crippen molar-refractivity contribution >= 4 is 0 Å². The third-order valence-corrected chi connectivity index (χ3v) is 3.31. The number of phenolic OH excluding ortho intramolecular Hbond substituents is 1. The summed E-state index contributed by atoms with van der Waals surface area (Å²) in [6.45, 7) is 0. The fraction of sp³-hybridized carbons (Fsp3) is 0.200. The summed E-state index contributed by atoms with van der Waals surface area (Å²) in [5, 5.41) is 19.5. The average molecular weight is 260 g/mol. The van der Waals surface area contributed by atoms with Gasteiger partial charge in [-0.05, 0) is 24.3 Å². The zero-order valence-electron chi connectivity index (χ0n) is 10.1. The maximum absolute atomic E-state index is 13.7. The minimum atomic E-state index is -0.777. The highest BCUT2D eigenvalue weighted by Crippen LogP contribution is 2.42. The number of benzene rings is 2. The second-order valence-corrected chi connectivity index (χ2v) is 4.60. The summed E-state index contributed by atoms with van der Waals surface area (Å²) in [5.41, 5.74) is 0.966. The molecule has 19 heavy (non-hydrogen) atoms. The number of aromatic hydroxyl groups is 1. The van der Waals surface area contributed by atoms with Crippen molar-refractivity contribution in [2.45, 2.75) is 18.6 Å². The number of hydrogen-bond acceptors (Lipinski definition) is 3. The molecule has 2 aromatic carbocycles. The highest BCUT2D eigenvalue weighted by molar-refractivity contribution is 5.43. The maximum Gasteiger partial charge on any atom is 0.130 e. The van der Waals surface area contributed by atoms with Gasteiger partial charge in [-0.25, -0.2) is 4.39 Å². The van der Waals surface area contributed by atoms with Gasteiger partial charge >= 0.3 is 0 Å². The first-order valence-corrected chi connectivity index (χ1v) is 6.07. The molecular formula is C15H13FO3. The zero-order valence-corrected chi connectivity index (χ0v) is 10.1. The van der Waals surface area contributed by atoms with Crippen molar-refractivity contribution in [3.8, 4) is 11.5 Å². The molecule has 1 aliphatic rings. The van der Waals surface area contributed by atoms with Gasteiger partial charge in [0.2, 0.25) is 0 Å². The normalized spacial score (nSPS) is 21.6. The predicted octanol–water partition coefficient (Wildman–Crippen LogP) is 3.09. The van der Waals surface area contributed by atoms with Gasteiger partial charge in [-0.15, -0.1) is 0 Å². The minimum absolute atomic E-state index is 0.0748. The fourth-order valence-electron chi connectivity index (χ4n) is 2.36. The minimum Gasteiger partial charge on any atom is -0.508 e. The van der Waals surface area contributed by atoms with Crippen LogP contribution >= 0.6 is 0 Å². The lowest BCUT2D eigenvalue weighted by Crippen LogP contribution is -2.19. The average Bonchev–Trinajstić information content (AvgIpc) is 2.40. The van der Waals surface area contributed by atoms with Crippen molar-refractivity contribution in [3.05, 3.63) is 59.4 Å². The highest BCUT2D eigenvalue weighted by Gasteiger charge is 2.29. The van der Waals surface area contributed by atoms with Crippen LogP contribution in [0.15, 0.2) is 42.5 Å². The van der Waals surface area contributed by atoms with E-state index < -0.39 is 12.2 Å². The Bertz CT molecular complexity index is 612. The maximum atomic E-state index is 13.7. The van der Waals surface area contributed by atoms with Crippen LogP contribution in [0.3, 0.4) is 0 Å². The lowest BCUT2D eigenvalue weighted by Gasteiger charge is -2.30. The van der Waals surface area contributed by atoms with Crippen LogP contribution in [0.5, 0.6) is 11.5 Å². The predicted molar refractivity (Wildman–Crippen MR) is 67.5 cm³/mol. The number of rotatable bonds is 1. The van der Waals surface area contributed by atoms with Gasteiger partial charge in [0.1, 0.15) is 23.4 Å². The number of phenols is 1.